The zero-order valence-corrected chi connectivity index (χ0v) is 12.5. The topological polar surface area (TPSA) is 80.8 Å². The van der Waals surface area contributed by atoms with Crippen LogP contribution in [0, 0.1) is 0 Å². The molecule has 1 aromatic carbocycles. The smallest absolute Gasteiger partial charge is 0.378 e. The predicted molar refractivity (Wildman–Crippen MR) is 69.9 cm³/mol. The highest BCUT2D eigenvalue weighted by atomic mass is 32.2. The molecule has 22 heavy (non-hydrogen) atoms. The summed E-state index contributed by atoms with van der Waals surface area (Å²) in [5, 5.41) is 0.374. The van der Waals surface area contributed by atoms with Crippen LogP contribution in [0.4, 0.5) is 13.2 Å². The van der Waals surface area contributed by atoms with Crippen molar-refractivity contribution < 1.29 is 34.2 Å². The first kappa shape index (κ1) is 16.8. The number of sulfonamides is 1. The number of alkyl halides is 3. The summed E-state index contributed by atoms with van der Waals surface area (Å²) >= 11 is 0. The molecule has 0 spiro atoms. The van der Waals surface area contributed by atoms with Gasteiger partial charge in [-0.3, -0.25) is 0 Å². The van der Waals surface area contributed by atoms with Crippen molar-refractivity contribution in [2.24, 2.45) is 0 Å². The Kier molecular flexibility index (Phi) is 4.24. The van der Waals surface area contributed by atoms with Gasteiger partial charge >= 0.3 is 15.6 Å². The van der Waals surface area contributed by atoms with Gasteiger partial charge in [0.15, 0.2) is 0 Å². The first-order valence-electron chi connectivity index (χ1n) is 5.77. The van der Waals surface area contributed by atoms with E-state index < -0.39 is 38.0 Å². The zero-order chi connectivity index (χ0) is 16.6. The van der Waals surface area contributed by atoms with E-state index in [9.17, 15) is 30.0 Å². The van der Waals surface area contributed by atoms with Crippen LogP contribution in [0.5, 0.6) is 0 Å². The summed E-state index contributed by atoms with van der Waals surface area (Å²) in [4.78, 5) is 0. The lowest BCUT2D eigenvalue weighted by Gasteiger charge is -2.15. The third-order valence-electron chi connectivity index (χ3n) is 2.67. The third-order valence-corrected chi connectivity index (χ3v) is 5.21. The average molecular weight is 357 g/mol. The molecule has 0 amide bonds. The number of nitrogens with zero attached hydrogens (tertiary/aromatic N) is 1. The third kappa shape index (κ3) is 3.59. The van der Waals surface area contributed by atoms with Crippen molar-refractivity contribution >= 4 is 20.1 Å². The second-order valence-electron chi connectivity index (χ2n) is 4.37. The van der Waals surface area contributed by atoms with Crippen LogP contribution in [0.2, 0.25) is 0 Å². The van der Waals surface area contributed by atoms with Crippen LogP contribution >= 0.6 is 0 Å². The van der Waals surface area contributed by atoms with Gasteiger partial charge < -0.3 is 4.18 Å². The summed E-state index contributed by atoms with van der Waals surface area (Å²) in [7, 11) is -9.92. The fourth-order valence-electron chi connectivity index (χ4n) is 1.71. The van der Waals surface area contributed by atoms with E-state index in [0.717, 1.165) is 4.31 Å². The quantitative estimate of drug-likeness (QED) is 0.603. The minimum atomic E-state index is -5.89. The van der Waals surface area contributed by atoms with Crippen LogP contribution in [-0.2, 0) is 30.9 Å². The molecule has 1 aromatic rings. The Morgan fingerprint density at radius 2 is 1.77 bits per heavy atom. The van der Waals surface area contributed by atoms with Crippen molar-refractivity contribution in [1.82, 2.24) is 4.31 Å². The first-order valence-corrected chi connectivity index (χ1v) is 8.68. The molecule has 0 fully saturated rings. The molecular formula is C11H10F3NO5S2. The molecule has 1 aliphatic heterocycles. The van der Waals surface area contributed by atoms with Gasteiger partial charge in [-0.25, -0.2) is 8.42 Å². The van der Waals surface area contributed by atoms with Crippen LogP contribution in [0.3, 0.4) is 0 Å². The highest BCUT2D eigenvalue weighted by Crippen LogP contribution is 2.30. The SMILES string of the molecule is O=S1(=O)C=C(OS(=O)(=O)C(F)(F)F)CN1Cc1ccccc1. The molecule has 0 unspecified atom stereocenters. The fraction of sp³-hybridized carbons (Fsp3) is 0.273. The van der Waals surface area contributed by atoms with Crippen molar-refractivity contribution in [2.75, 3.05) is 6.54 Å². The molecule has 0 aromatic heterocycles. The maximum absolute atomic E-state index is 12.2. The monoisotopic (exact) mass is 357 g/mol. The van der Waals surface area contributed by atoms with E-state index in [0.29, 0.717) is 11.0 Å². The van der Waals surface area contributed by atoms with E-state index in [1.54, 1.807) is 30.3 Å². The fourth-order valence-corrected chi connectivity index (χ4v) is 3.49. The second-order valence-corrected chi connectivity index (χ2v) is 7.69. The predicted octanol–water partition coefficient (Wildman–Crippen LogP) is 1.54. The van der Waals surface area contributed by atoms with Gasteiger partial charge in [0.1, 0.15) is 5.76 Å². The molecule has 1 heterocycles. The number of halogens is 3. The molecule has 122 valence electrons. The summed E-state index contributed by atoms with van der Waals surface area (Å²) in [6.07, 6.45) is 0. The summed E-state index contributed by atoms with van der Waals surface area (Å²) in [6, 6.07) is 8.29. The van der Waals surface area contributed by atoms with Crippen LogP contribution in [0.1, 0.15) is 5.56 Å². The number of benzene rings is 1. The molecule has 0 atom stereocenters. The van der Waals surface area contributed by atoms with Gasteiger partial charge in [0.25, 0.3) is 0 Å². The Morgan fingerprint density at radius 1 is 1.18 bits per heavy atom. The molecule has 11 heteroatoms. The van der Waals surface area contributed by atoms with E-state index in [4.69, 9.17) is 0 Å². The molecule has 0 bridgehead atoms. The average Bonchev–Trinajstić information content (AvgIpc) is 2.62. The maximum Gasteiger partial charge on any atom is 0.534 e. The van der Waals surface area contributed by atoms with Crippen molar-refractivity contribution in [3.8, 4) is 0 Å². The van der Waals surface area contributed by atoms with E-state index in [1.807, 2.05) is 0 Å². The Balaban J connectivity index is 2.16. The molecule has 2 rings (SSSR count). The van der Waals surface area contributed by atoms with Gasteiger partial charge in [0.2, 0.25) is 10.0 Å². The molecule has 6 nitrogen and oxygen atoms in total. The summed E-state index contributed by atoms with van der Waals surface area (Å²) in [5.74, 6) is -0.798. The van der Waals surface area contributed by atoms with Gasteiger partial charge in [-0.2, -0.15) is 25.9 Å². The van der Waals surface area contributed by atoms with Crippen molar-refractivity contribution in [3.63, 3.8) is 0 Å². The molecule has 0 aliphatic carbocycles. The summed E-state index contributed by atoms with van der Waals surface area (Å²) in [5.41, 5.74) is -5.02. The molecule has 0 radical (unpaired) electrons. The molecule has 0 N–H and O–H groups in total. The largest absolute Gasteiger partial charge is 0.534 e. The lowest BCUT2D eigenvalue weighted by atomic mass is 10.2. The zero-order valence-electron chi connectivity index (χ0n) is 10.8. The summed E-state index contributed by atoms with van der Waals surface area (Å²) in [6.45, 7) is -0.703. The second kappa shape index (κ2) is 5.56. The Morgan fingerprint density at radius 3 is 2.32 bits per heavy atom. The van der Waals surface area contributed by atoms with E-state index >= 15 is 0 Å². The lowest BCUT2D eigenvalue weighted by molar-refractivity contribution is -0.0523. The number of hydrogen-bond acceptors (Lipinski definition) is 5. The van der Waals surface area contributed by atoms with Crippen LogP contribution in [0.15, 0.2) is 41.5 Å². The minimum absolute atomic E-state index is 0.113. The molecule has 0 saturated heterocycles. The van der Waals surface area contributed by atoms with E-state index in [-0.39, 0.29) is 6.54 Å². The normalized spacial score (nSPS) is 19.0. The van der Waals surface area contributed by atoms with Gasteiger partial charge in [-0.1, -0.05) is 30.3 Å². The number of hydrogen-bond donors (Lipinski definition) is 0. The highest BCUT2D eigenvalue weighted by Gasteiger charge is 2.49. The summed E-state index contributed by atoms with van der Waals surface area (Å²) < 4.78 is 86.7. The lowest BCUT2D eigenvalue weighted by Crippen LogP contribution is -2.28. The van der Waals surface area contributed by atoms with Crippen LogP contribution < -0.4 is 0 Å². The van der Waals surface area contributed by atoms with Crippen molar-refractivity contribution in [2.45, 2.75) is 12.1 Å². The number of rotatable bonds is 4. The molecule has 1 aliphatic rings. The van der Waals surface area contributed by atoms with Gasteiger partial charge in [-0.05, 0) is 5.56 Å². The van der Waals surface area contributed by atoms with Crippen LogP contribution in [0.25, 0.3) is 0 Å². The Hall–Kier alpha value is -1.59. The van der Waals surface area contributed by atoms with Crippen molar-refractivity contribution in [3.05, 3.63) is 47.1 Å². The standard InChI is InChI=1S/C11H10F3NO5S2/c12-11(13,14)22(18,19)20-10-7-15(21(16,17)8-10)6-9-4-2-1-3-5-9/h1-5,8H,6-7H2. The van der Waals surface area contributed by atoms with Gasteiger partial charge in [-0.15, -0.1) is 0 Å². The Bertz CT molecular complexity index is 785. The first-order chi connectivity index (χ1) is 10.0. The van der Waals surface area contributed by atoms with Gasteiger partial charge in [0, 0.05) is 6.54 Å². The highest BCUT2D eigenvalue weighted by molar-refractivity contribution is 7.92. The van der Waals surface area contributed by atoms with Crippen LogP contribution in [-0.4, -0.2) is 33.2 Å². The van der Waals surface area contributed by atoms with E-state index in [1.165, 1.54) is 0 Å². The Labute approximate surface area is 125 Å². The van der Waals surface area contributed by atoms with E-state index in [2.05, 4.69) is 4.18 Å². The van der Waals surface area contributed by atoms with Gasteiger partial charge in [0.05, 0.1) is 12.0 Å². The molecular weight excluding hydrogens is 347 g/mol. The minimum Gasteiger partial charge on any atom is -0.378 e. The van der Waals surface area contributed by atoms with Crippen molar-refractivity contribution in [1.29, 1.82) is 0 Å². The maximum atomic E-state index is 12.2. The molecule has 0 saturated carbocycles.